The lowest BCUT2D eigenvalue weighted by molar-refractivity contribution is 0.168. The lowest BCUT2D eigenvalue weighted by atomic mass is 10.1. The minimum Gasteiger partial charge on any atom is -0.385 e. The summed E-state index contributed by atoms with van der Waals surface area (Å²) >= 11 is 2.25. The smallest absolute Gasteiger partial charge is 0.157 e. The molecule has 3 nitrogen and oxygen atoms in total. The van der Waals surface area contributed by atoms with Crippen LogP contribution in [0.3, 0.4) is 0 Å². The quantitative estimate of drug-likeness (QED) is 0.881. The Morgan fingerprint density at radius 1 is 1.12 bits per heavy atom. The molecule has 4 heteroatoms. The molecule has 0 spiro atoms. The molecule has 1 heterocycles. The van der Waals surface area contributed by atoms with Gasteiger partial charge in [0, 0.05) is 22.4 Å². The van der Waals surface area contributed by atoms with Crippen molar-refractivity contribution in [2.45, 2.75) is 12.5 Å². The number of aromatic nitrogens is 2. The fraction of sp³-hybridized carbons (Fsp3) is 0.167. The zero-order valence-corrected chi connectivity index (χ0v) is 10.7. The summed E-state index contributed by atoms with van der Waals surface area (Å²) in [6, 6.07) is 9.80. The first kappa shape index (κ1) is 11.5. The molecule has 2 aromatic rings. The van der Waals surface area contributed by atoms with E-state index in [4.69, 9.17) is 0 Å². The van der Waals surface area contributed by atoms with Crippen LogP contribution in [0.2, 0.25) is 0 Å². The monoisotopic (exact) mass is 326 g/mol. The Hall–Kier alpha value is -1.01. The standard InChI is InChI=1S/C12H11IN2O/c13-10-4-2-9(3-5-10)8-11(16)12-14-6-1-7-15-12/h1-7,11,16H,8H2. The van der Waals surface area contributed by atoms with E-state index in [0.717, 1.165) is 5.56 Å². The van der Waals surface area contributed by atoms with Crippen molar-refractivity contribution in [2.24, 2.45) is 0 Å². The maximum absolute atomic E-state index is 9.92. The van der Waals surface area contributed by atoms with Crippen molar-refractivity contribution < 1.29 is 5.11 Å². The van der Waals surface area contributed by atoms with Crippen molar-refractivity contribution >= 4 is 22.6 Å². The number of hydrogen-bond acceptors (Lipinski definition) is 3. The van der Waals surface area contributed by atoms with Crippen molar-refractivity contribution in [3.8, 4) is 0 Å². The third-order valence-electron chi connectivity index (χ3n) is 2.23. The SMILES string of the molecule is OC(Cc1ccc(I)cc1)c1ncccn1. The predicted molar refractivity (Wildman–Crippen MR) is 69.9 cm³/mol. The van der Waals surface area contributed by atoms with E-state index in [0.29, 0.717) is 12.2 Å². The summed E-state index contributed by atoms with van der Waals surface area (Å²) in [6.45, 7) is 0. The average molecular weight is 326 g/mol. The third kappa shape index (κ3) is 2.99. The molecule has 0 saturated carbocycles. The summed E-state index contributed by atoms with van der Waals surface area (Å²) < 4.78 is 1.19. The number of rotatable bonds is 3. The Bertz CT molecular complexity index is 444. The molecule has 0 bridgehead atoms. The number of nitrogens with zero attached hydrogens (tertiary/aromatic N) is 2. The molecule has 1 unspecified atom stereocenters. The molecule has 0 aliphatic heterocycles. The summed E-state index contributed by atoms with van der Waals surface area (Å²) in [5.74, 6) is 0.473. The first-order chi connectivity index (χ1) is 7.75. The lowest BCUT2D eigenvalue weighted by Gasteiger charge is -2.08. The molecule has 1 aromatic heterocycles. The van der Waals surface area contributed by atoms with Crippen LogP contribution in [0.4, 0.5) is 0 Å². The van der Waals surface area contributed by atoms with Crippen LogP contribution in [0, 0.1) is 3.57 Å². The van der Waals surface area contributed by atoms with Crippen LogP contribution in [-0.4, -0.2) is 15.1 Å². The molecule has 0 aliphatic rings. The van der Waals surface area contributed by atoms with Crippen LogP contribution in [0.1, 0.15) is 17.5 Å². The molecular weight excluding hydrogens is 315 g/mol. The molecule has 0 radical (unpaired) electrons. The molecule has 0 aliphatic carbocycles. The lowest BCUT2D eigenvalue weighted by Crippen LogP contribution is -2.06. The van der Waals surface area contributed by atoms with Gasteiger partial charge < -0.3 is 5.11 Å². The van der Waals surface area contributed by atoms with Gasteiger partial charge in [-0.3, -0.25) is 0 Å². The Morgan fingerprint density at radius 3 is 2.38 bits per heavy atom. The second-order valence-electron chi connectivity index (χ2n) is 3.45. The zero-order valence-electron chi connectivity index (χ0n) is 8.55. The second kappa shape index (κ2) is 5.36. The van der Waals surface area contributed by atoms with Gasteiger partial charge in [0.05, 0.1) is 0 Å². The van der Waals surface area contributed by atoms with E-state index in [1.807, 2.05) is 24.3 Å². The van der Waals surface area contributed by atoms with Crippen LogP contribution in [-0.2, 0) is 6.42 Å². The van der Waals surface area contributed by atoms with Gasteiger partial charge in [0.2, 0.25) is 0 Å². The Labute approximate surface area is 108 Å². The van der Waals surface area contributed by atoms with Crippen LogP contribution in [0.5, 0.6) is 0 Å². The Morgan fingerprint density at radius 2 is 1.75 bits per heavy atom. The van der Waals surface area contributed by atoms with Crippen molar-refractivity contribution in [1.29, 1.82) is 0 Å². The van der Waals surface area contributed by atoms with Crippen molar-refractivity contribution in [1.82, 2.24) is 9.97 Å². The molecule has 1 N–H and O–H groups in total. The highest BCUT2D eigenvalue weighted by Crippen LogP contribution is 2.15. The second-order valence-corrected chi connectivity index (χ2v) is 4.70. The van der Waals surface area contributed by atoms with Crippen molar-refractivity contribution in [3.05, 3.63) is 57.7 Å². The van der Waals surface area contributed by atoms with Crippen molar-refractivity contribution in [3.63, 3.8) is 0 Å². The van der Waals surface area contributed by atoms with Crippen molar-refractivity contribution in [2.75, 3.05) is 0 Å². The fourth-order valence-corrected chi connectivity index (χ4v) is 1.78. The molecule has 0 amide bonds. The minimum absolute atomic E-state index is 0.473. The minimum atomic E-state index is -0.638. The average Bonchev–Trinajstić information content (AvgIpc) is 2.33. The van der Waals surface area contributed by atoms with Gasteiger partial charge in [-0.2, -0.15) is 0 Å². The van der Waals surface area contributed by atoms with E-state index in [1.54, 1.807) is 18.5 Å². The molecule has 1 atom stereocenters. The van der Waals surface area contributed by atoms with Gasteiger partial charge in [-0.25, -0.2) is 9.97 Å². The zero-order chi connectivity index (χ0) is 11.4. The van der Waals surface area contributed by atoms with Crippen LogP contribution < -0.4 is 0 Å². The Balaban J connectivity index is 2.08. The predicted octanol–water partition coefficient (Wildman–Crippen LogP) is 2.36. The molecular formula is C12H11IN2O. The summed E-state index contributed by atoms with van der Waals surface area (Å²) in [6.07, 6.45) is 3.18. The highest BCUT2D eigenvalue weighted by molar-refractivity contribution is 14.1. The molecule has 1 aromatic carbocycles. The van der Waals surface area contributed by atoms with E-state index < -0.39 is 6.10 Å². The summed E-state index contributed by atoms with van der Waals surface area (Å²) in [7, 11) is 0. The molecule has 0 saturated heterocycles. The fourth-order valence-electron chi connectivity index (χ4n) is 1.42. The maximum atomic E-state index is 9.92. The van der Waals surface area contributed by atoms with Gasteiger partial charge in [-0.1, -0.05) is 12.1 Å². The highest BCUT2D eigenvalue weighted by atomic mass is 127. The topological polar surface area (TPSA) is 46.0 Å². The Kier molecular flexibility index (Phi) is 3.84. The highest BCUT2D eigenvalue weighted by Gasteiger charge is 2.10. The molecule has 0 fully saturated rings. The maximum Gasteiger partial charge on any atom is 0.157 e. The van der Waals surface area contributed by atoms with E-state index >= 15 is 0 Å². The van der Waals surface area contributed by atoms with E-state index in [-0.39, 0.29) is 0 Å². The van der Waals surface area contributed by atoms with Gasteiger partial charge in [0.25, 0.3) is 0 Å². The number of aliphatic hydroxyl groups excluding tert-OH is 1. The van der Waals surface area contributed by atoms with Gasteiger partial charge in [0.1, 0.15) is 6.10 Å². The molecule has 16 heavy (non-hydrogen) atoms. The number of halogens is 1. The summed E-state index contributed by atoms with van der Waals surface area (Å²) in [4.78, 5) is 8.06. The van der Waals surface area contributed by atoms with Gasteiger partial charge >= 0.3 is 0 Å². The van der Waals surface area contributed by atoms with Gasteiger partial charge in [0.15, 0.2) is 5.82 Å². The normalized spacial score (nSPS) is 12.4. The van der Waals surface area contributed by atoms with Crippen LogP contribution in [0.25, 0.3) is 0 Å². The first-order valence-corrected chi connectivity index (χ1v) is 6.03. The first-order valence-electron chi connectivity index (χ1n) is 4.95. The number of aliphatic hydroxyl groups is 1. The van der Waals surface area contributed by atoms with Gasteiger partial charge in [-0.05, 0) is 46.4 Å². The molecule has 2 rings (SSSR count). The summed E-state index contributed by atoms with van der Waals surface area (Å²) in [5, 5.41) is 9.92. The number of benzene rings is 1. The summed E-state index contributed by atoms with van der Waals surface area (Å²) in [5.41, 5.74) is 1.08. The van der Waals surface area contributed by atoms with Gasteiger partial charge in [-0.15, -0.1) is 0 Å². The third-order valence-corrected chi connectivity index (χ3v) is 2.95. The van der Waals surface area contributed by atoms with E-state index in [2.05, 4.69) is 32.6 Å². The van der Waals surface area contributed by atoms with E-state index in [1.165, 1.54) is 3.57 Å². The number of hydrogen-bond donors (Lipinski definition) is 1. The largest absolute Gasteiger partial charge is 0.385 e. The van der Waals surface area contributed by atoms with E-state index in [9.17, 15) is 5.11 Å². The van der Waals surface area contributed by atoms with Crippen LogP contribution in [0.15, 0.2) is 42.7 Å². The van der Waals surface area contributed by atoms with Crippen LogP contribution >= 0.6 is 22.6 Å². The molecule has 82 valence electrons.